The molecular formula is C49H33NOS. The van der Waals surface area contributed by atoms with E-state index in [2.05, 4.69) is 170 Å². The summed E-state index contributed by atoms with van der Waals surface area (Å²) in [6.45, 7) is 4.71. The maximum absolute atomic E-state index is 6.18. The van der Waals surface area contributed by atoms with Crippen LogP contribution in [0.2, 0.25) is 0 Å². The number of para-hydroxylation sites is 1. The third-order valence-corrected chi connectivity index (χ3v) is 12.4. The molecule has 0 saturated carbocycles. The van der Waals surface area contributed by atoms with E-state index in [1.807, 2.05) is 23.5 Å². The zero-order valence-corrected chi connectivity index (χ0v) is 29.7. The molecule has 2 heterocycles. The van der Waals surface area contributed by atoms with Crippen molar-refractivity contribution in [3.8, 4) is 22.3 Å². The van der Waals surface area contributed by atoms with Gasteiger partial charge in [0, 0.05) is 53.3 Å². The van der Waals surface area contributed by atoms with Crippen LogP contribution in [0.25, 0.3) is 75.1 Å². The molecule has 8 aromatic carbocycles. The third-order valence-electron chi connectivity index (χ3n) is 11.3. The maximum atomic E-state index is 6.18. The molecule has 2 aromatic heterocycles. The molecule has 0 aliphatic heterocycles. The first-order valence-electron chi connectivity index (χ1n) is 17.9. The summed E-state index contributed by atoms with van der Waals surface area (Å²) in [6.07, 6.45) is 0. The molecule has 2 nitrogen and oxygen atoms in total. The zero-order chi connectivity index (χ0) is 34.6. The molecule has 52 heavy (non-hydrogen) atoms. The zero-order valence-electron chi connectivity index (χ0n) is 28.9. The minimum atomic E-state index is -0.0860. The lowest BCUT2D eigenvalue weighted by atomic mass is 9.82. The summed E-state index contributed by atoms with van der Waals surface area (Å²) in [6, 6.07) is 60.0. The number of fused-ring (bicyclic) bond motifs is 11. The van der Waals surface area contributed by atoms with Crippen molar-refractivity contribution in [1.29, 1.82) is 0 Å². The number of rotatable bonds is 4. The van der Waals surface area contributed by atoms with Crippen LogP contribution in [0.4, 0.5) is 17.1 Å². The fraction of sp³-hybridized carbons (Fsp3) is 0.0612. The van der Waals surface area contributed by atoms with Gasteiger partial charge in [-0.25, -0.2) is 0 Å². The SMILES string of the molecule is CC1(C)c2ccccc2-c2c(N(c3ccc(-c4ccc5c(ccc6oc7ccccc7c65)c4)cc3)c3ccc4c(c3)sc3ccccc34)cccc21. The highest BCUT2D eigenvalue weighted by atomic mass is 32.1. The lowest BCUT2D eigenvalue weighted by molar-refractivity contribution is 0.660. The fourth-order valence-corrected chi connectivity index (χ4v) is 9.88. The minimum absolute atomic E-state index is 0.0860. The van der Waals surface area contributed by atoms with Gasteiger partial charge in [0.1, 0.15) is 11.2 Å². The average molecular weight is 684 g/mol. The van der Waals surface area contributed by atoms with Gasteiger partial charge in [-0.05, 0) is 93.2 Å². The number of benzene rings is 8. The Kier molecular flexibility index (Phi) is 6.21. The van der Waals surface area contributed by atoms with Gasteiger partial charge in [-0.3, -0.25) is 0 Å². The summed E-state index contributed by atoms with van der Waals surface area (Å²) in [5, 5.41) is 7.39. The molecule has 246 valence electrons. The number of hydrogen-bond acceptors (Lipinski definition) is 3. The monoisotopic (exact) mass is 683 g/mol. The van der Waals surface area contributed by atoms with Crippen molar-refractivity contribution >= 4 is 81.3 Å². The van der Waals surface area contributed by atoms with Crippen molar-refractivity contribution in [2.24, 2.45) is 0 Å². The molecular weight excluding hydrogens is 651 g/mol. The van der Waals surface area contributed by atoms with E-state index in [9.17, 15) is 0 Å². The summed E-state index contributed by atoms with van der Waals surface area (Å²) < 4.78 is 8.79. The second kappa shape index (κ2) is 10.9. The van der Waals surface area contributed by atoms with Crippen LogP contribution in [0.5, 0.6) is 0 Å². The van der Waals surface area contributed by atoms with E-state index < -0.39 is 0 Å². The molecule has 0 bridgehead atoms. The molecule has 0 amide bonds. The number of hydrogen-bond donors (Lipinski definition) is 0. The Labute approximate surface area is 305 Å². The van der Waals surface area contributed by atoms with Crippen molar-refractivity contribution in [1.82, 2.24) is 0 Å². The Morgan fingerprint density at radius 2 is 1.21 bits per heavy atom. The smallest absolute Gasteiger partial charge is 0.136 e. The average Bonchev–Trinajstić information content (AvgIpc) is 3.83. The predicted molar refractivity (Wildman–Crippen MR) is 222 cm³/mol. The lowest BCUT2D eigenvalue weighted by Crippen LogP contribution is -2.16. The molecule has 0 N–H and O–H groups in total. The summed E-state index contributed by atoms with van der Waals surface area (Å²) >= 11 is 1.87. The number of nitrogens with zero attached hydrogens (tertiary/aromatic N) is 1. The lowest BCUT2D eigenvalue weighted by Gasteiger charge is -2.29. The highest BCUT2D eigenvalue weighted by Gasteiger charge is 2.37. The molecule has 0 atom stereocenters. The molecule has 10 aromatic rings. The van der Waals surface area contributed by atoms with Crippen LogP contribution in [-0.2, 0) is 5.41 Å². The predicted octanol–water partition coefficient (Wildman–Crippen LogP) is 14.6. The van der Waals surface area contributed by atoms with Crippen LogP contribution < -0.4 is 4.90 Å². The van der Waals surface area contributed by atoms with Gasteiger partial charge in [-0.2, -0.15) is 0 Å². The van der Waals surface area contributed by atoms with Crippen LogP contribution >= 0.6 is 11.3 Å². The van der Waals surface area contributed by atoms with E-state index in [4.69, 9.17) is 4.42 Å². The van der Waals surface area contributed by atoms with Gasteiger partial charge in [-0.1, -0.05) is 123 Å². The van der Waals surface area contributed by atoms with Gasteiger partial charge in [0.15, 0.2) is 0 Å². The number of furan rings is 1. The first kappa shape index (κ1) is 29.6. The Balaban J connectivity index is 1.07. The van der Waals surface area contributed by atoms with E-state index in [1.165, 1.54) is 75.4 Å². The maximum Gasteiger partial charge on any atom is 0.136 e. The molecule has 1 aliphatic rings. The standard InChI is InChI=1S/C49H33NOS/c1-49(2)40-13-6-3-11-38(40)48-41(49)14-9-15-42(48)50(34-24-26-37-36-10-5-8-17-45(36)52-46(37)29-34)33-22-18-30(19-23-33)31-20-25-35-32(28-31)21-27-44-47(35)39-12-4-7-16-43(39)51-44/h3-29H,1-2H3. The van der Waals surface area contributed by atoms with Gasteiger partial charge in [-0.15, -0.1) is 11.3 Å². The van der Waals surface area contributed by atoms with Crippen molar-refractivity contribution < 1.29 is 4.42 Å². The Morgan fingerprint density at radius 3 is 2.12 bits per heavy atom. The molecule has 1 aliphatic carbocycles. The Hall–Kier alpha value is -6.16. The molecule has 3 heteroatoms. The fourth-order valence-electron chi connectivity index (χ4n) is 8.74. The van der Waals surface area contributed by atoms with Crippen molar-refractivity contribution in [3.05, 3.63) is 175 Å². The van der Waals surface area contributed by atoms with E-state index in [-0.39, 0.29) is 5.41 Å². The van der Waals surface area contributed by atoms with Gasteiger partial charge in [0.2, 0.25) is 0 Å². The molecule has 0 radical (unpaired) electrons. The first-order chi connectivity index (χ1) is 25.5. The highest BCUT2D eigenvalue weighted by molar-refractivity contribution is 7.25. The molecule has 11 rings (SSSR count). The van der Waals surface area contributed by atoms with Crippen molar-refractivity contribution in [3.63, 3.8) is 0 Å². The molecule has 0 unspecified atom stereocenters. The van der Waals surface area contributed by atoms with Crippen molar-refractivity contribution in [2.45, 2.75) is 19.3 Å². The summed E-state index contributed by atoms with van der Waals surface area (Å²) in [7, 11) is 0. The normalized spacial score (nSPS) is 13.3. The Bertz CT molecular complexity index is 3050. The quantitative estimate of drug-likeness (QED) is 0.184. The van der Waals surface area contributed by atoms with Crippen LogP contribution in [0.1, 0.15) is 25.0 Å². The van der Waals surface area contributed by atoms with E-state index >= 15 is 0 Å². The second-order valence-corrected chi connectivity index (χ2v) is 15.6. The van der Waals surface area contributed by atoms with Crippen LogP contribution in [-0.4, -0.2) is 0 Å². The van der Waals surface area contributed by atoms with E-state index in [1.54, 1.807) is 0 Å². The van der Waals surface area contributed by atoms with Crippen molar-refractivity contribution in [2.75, 3.05) is 4.90 Å². The Morgan fingerprint density at radius 1 is 0.500 bits per heavy atom. The van der Waals surface area contributed by atoms with Crippen LogP contribution in [0, 0.1) is 0 Å². The van der Waals surface area contributed by atoms with Gasteiger partial charge < -0.3 is 9.32 Å². The summed E-state index contributed by atoms with van der Waals surface area (Å²) in [5.74, 6) is 0. The number of anilines is 3. The number of thiophene rings is 1. The molecule has 0 spiro atoms. The third kappa shape index (κ3) is 4.23. The second-order valence-electron chi connectivity index (χ2n) is 14.5. The van der Waals surface area contributed by atoms with Gasteiger partial charge >= 0.3 is 0 Å². The largest absolute Gasteiger partial charge is 0.456 e. The highest BCUT2D eigenvalue weighted by Crippen LogP contribution is 2.54. The van der Waals surface area contributed by atoms with E-state index in [0.717, 1.165) is 27.9 Å². The minimum Gasteiger partial charge on any atom is -0.456 e. The van der Waals surface area contributed by atoms with Gasteiger partial charge in [0.25, 0.3) is 0 Å². The summed E-state index contributed by atoms with van der Waals surface area (Å²) in [5.41, 5.74) is 13.0. The van der Waals surface area contributed by atoms with Crippen LogP contribution in [0.3, 0.4) is 0 Å². The molecule has 0 fully saturated rings. The summed E-state index contributed by atoms with van der Waals surface area (Å²) in [4.78, 5) is 2.46. The van der Waals surface area contributed by atoms with Crippen LogP contribution in [0.15, 0.2) is 168 Å². The first-order valence-corrected chi connectivity index (χ1v) is 18.7. The topological polar surface area (TPSA) is 16.4 Å². The molecule has 0 saturated heterocycles. The van der Waals surface area contributed by atoms with Gasteiger partial charge in [0.05, 0.1) is 5.69 Å². The van der Waals surface area contributed by atoms with E-state index in [0.29, 0.717) is 0 Å².